The number of carboxylic acid groups (broad SMARTS) is 1. The van der Waals surface area contributed by atoms with Crippen LogP contribution in [0, 0.1) is 12.8 Å². The molecule has 2 atom stereocenters. The maximum atomic E-state index is 12.3. The molecular weight excluding hydrogens is 248 g/mol. The lowest BCUT2D eigenvalue weighted by Gasteiger charge is -2.26. The number of aryl methyl sites for hydroxylation is 1. The van der Waals surface area contributed by atoms with Gasteiger partial charge in [-0.2, -0.15) is 0 Å². The van der Waals surface area contributed by atoms with Gasteiger partial charge in [0.25, 0.3) is 5.91 Å². The number of carbonyl (C=O) groups excluding carboxylic acids is 1. The Hall–Kier alpha value is -1.95. The van der Waals surface area contributed by atoms with E-state index in [0.29, 0.717) is 5.69 Å². The minimum absolute atomic E-state index is 0.138. The average molecular weight is 264 g/mol. The second kappa shape index (κ2) is 5.36. The Labute approximate surface area is 111 Å². The molecule has 0 saturated carbocycles. The number of rotatable bonds is 3. The summed E-state index contributed by atoms with van der Waals surface area (Å²) in [4.78, 5) is 28.9. The molecule has 1 amide bonds. The van der Waals surface area contributed by atoms with Crippen molar-refractivity contribution in [2.24, 2.45) is 5.92 Å². The van der Waals surface area contributed by atoms with Gasteiger partial charge in [0.2, 0.25) is 0 Å². The molecule has 1 aliphatic rings. The maximum absolute atomic E-state index is 12.3. The highest BCUT2D eigenvalue weighted by Gasteiger charge is 2.39. The topological polar surface area (TPSA) is 79.7 Å². The molecule has 102 valence electrons. The van der Waals surface area contributed by atoms with Gasteiger partial charge in [0, 0.05) is 13.2 Å². The summed E-state index contributed by atoms with van der Waals surface area (Å²) < 4.78 is 5.17. The SMILES string of the molecule is Cc1cccnc1C(=O)N(C)C1COCC1C(=O)O. The van der Waals surface area contributed by atoms with Crippen LogP contribution >= 0.6 is 0 Å². The summed E-state index contributed by atoms with van der Waals surface area (Å²) in [5.41, 5.74) is 1.12. The van der Waals surface area contributed by atoms with Gasteiger partial charge in [-0.05, 0) is 18.6 Å². The monoisotopic (exact) mass is 264 g/mol. The molecule has 1 aromatic rings. The van der Waals surface area contributed by atoms with E-state index >= 15 is 0 Å². The largest absolute Gasteiger partial charge is 0.481 e. The van der Waals surface area contributed by atoms with Gasteiger partial charge in [-0.25, -0.2) is 0 Å². The highest BCUT2D eigenvalue weighted by Crippen LogP contribution is 2.21. The third-order valence-electron chi connectivity index (χ3n) is 3.40. The predicted octanol–water partition coefficient (Wildman–Crippen LogP) is 0.562. The fourth-order valence-corrected chi connectivity index (χ4v) is 2.19. The first-order chi connectivity index (χ1) is 9.02. The lowest BCUT2D eigenvalue weighted by Crippen LogP contribution is -2.44. The van der Waals surface area contributed by atoms with E-state index in [1.54, 1.807) is 32.3 Å². The normalized spacial score (nSPS) is 22.2. The Morgan fingerprint density at radius 2 is 2.21 bits per heavy atom. The van der Waals surface area contributed by atoms with Crippen molar-refractivity contribution in [1.82, 2.24) is 9.88 Å². The zero-order valence-corrected chi connectivity index (χ0v) is 10.9. The molecule has 0 aromatic carbocycles. The number of hydrogen-bond donors (Lipinski definition) is 1. The van der Waals surface area contributed by atoms with Crippen LogP contribution in [-0.2, 0) is 9.53 Å². The van der Waals surface area contributed by atoms with E-state index < -0.39 is 17.9 Å². The summed E-state index contributed by atoms with van der Waals surface area (Å²) in [5, 5.41) is 9.11. The standard InChI is InChI=1S/C13H16N2O4/c1-8-4-3-5-14-11(8)12(16)15(2)10-7-19-6-9(10)13(17)18/h3-5,9-10H,6-7H2,1-2H3,(H,17,18). The van der Waals surface area contributed by atoms with E-state index in [0.717, 1.165) is 5.56 Å². The molecule has 0 aliphatic carbocycles. The summed E-state index contributed by atoms with van der Waals surface area (Å²) in [7, 11) is 1.59. The van der Waals surface area contributed by atoms with Gasteiger partial charge in [-0.1, -0.05) is 6.07 Å². The Kier molecular flexibility index (Phi) is 3.80. The van der Waals surface area contributed by atoms with E-state index in [1.165, 1.54) is 4.90 Å². The first kappa shape index (κ1) is 13.5. The van der Waals surface area contributed by atoms with Crippen LogP contribution in [0.1, 0.15) is 16.1 Å². The van der Waals surface area contributed by atoms with Crippen LogP contribution in [0.15, 0.2) is 18.3 Å². The highest BCUT2D eigenvalue weighted by atomic mass is 16.5. The van der Waals surface area contributed by atoms with Crippen LogP contribution in [-0.4, -0.2) is 53.2 Å². The molecule has 2 rings (SSSR count). The van der Waals surface area contributed by atoms with E-state index in [9.17, 15) is 9.59 Å². The zero-order chi connectivity index (χ0) is 14.0. The van der Waals surface area contributed by atoms with Crippen molar-refractivity contribution in [3.05, 3.63) is 29.6 Å². The first-order valence-corrected chi connectivity index (χ1v) is 6.01. The van der Waals surface area contributed by atoms with Crippen molar-refractivity contribution < 1.29 is 19.4 Å². The number of likely N-dealkylation sites (N-methyl/N-ethyl adjacent to an activating group) is 1. The van der Waals surface area contributed by atoms with Gasteiger partial charge in [0.05, 0.1) is 19.3 Å². The van der Waals surface area contributed by atoms with Crippen LogP contribution in [0.25, 0.3) is 0 Å². The third-order valence-corrected chi connectivity index (χ3v) is 3.40. The molecule has 6 nitrogen and oxygen atoms in total. The number of carboxylic acids is 1. The first-order valence-electron chi connectivity index (χ1n) is 6.01. The van der Waals surface area contributed by atoms with Crippen LogP contribution in [0.3, 0.4) is 0 Å². The number of pyridine rings is 1. The minimum Gasteiger partial charge on any atom is -0.481 e. The van der Waals surface area contributed by atoms with E-state index in [-0.39, 0.29) is 19.1 Å². The molecular formula is C13H16N2O4. The van der Waals surface area contributed by atoms with E-state index in [4.69, 9.17) is 9.84 Å². The zero-order valence-electron chi connectivity index (χ0n) is 10.9. The molecule has 1 saturated heterocycles. The van der Waals surface area contributed by atoms with Crippen LogP contribution in [0.2, 0.25) is 0 Å². The van der Waals surface area contributed by atoms with Gasteiger partial charge in [0.15, 0.2) is 0 Å². The number of carbonyl (C=O) groups is 2. The van der Waals surface area contributed by atoms with Gasteiger partial charge in [-0.3, -0.25) is 14.6 Å². The number of amides is 1. The third kappa shape index (κ3) is 2.58. The summed E-state index contributed by atoms with van der Waals surface area (Å²) in [6.45, 7) is 2.18. The molecule has 1 fully saturated rings. The summed E-state index contributed by atoms with van der Waals surface area (Å²) in [5.74, 6) is -1.90. The van der Waals surface area contributed by atoms with E-state index in [2.05, 4.69) is 4.98 Å². The lowest BCUT2D eigenvalue weighted by molar-refractivity contribution is -0.142. The fourth-order valence-electron chi connectivity index (χ4n) is 2.19. The van der Waals surface area contributed by atoms with Crippen molar-refractivity contribution in [1.29, 1.82) is 0 Å². The Morgan fingerprint density at radius 1 is 1.47 bits per heavy atom. The molecule has 2 heterocycles. The molecule has 1 aliphatic heterocycles. The molecule has 0 radical (unpaired) electrons. The fraction of sp³-hybridized carbons (Fsp3) is 0.462. The minimum atomic E-state index is -0.945. The van der Waals surface area contributed by atoms with Crippen LogP contribution in [0.5, 0.6) is 0 Å². The second-order valence-corrected chi connectivity index (χ2v) is 4.63. The number of aromatic nitrogens is 1. The Balaban J connectivity index is 2.20. The molecule has 19 heavy (non-hydrogen) atoms. The average Bonchev–Trinajstić information content (AvgIpc) is 2.87. The number of nitrogens with zero attached hydrogens (tertiary/aromatic N) is 2. The molecule has 1 N–H and O–H groups in total. The summed E-state index contributed by atoms with van der Waals surface area (Å²) in [6, 6.07) is 3.10. The van der Waals surface area contributed by atoms with Crippen LogP contribution in [0.4, 0.5) is 0 Å². The van der Waals surface area contributed by atoms with Crippen molar-refractivity contribution in [3.63, 3.8) is 0 Å². The van der Waals surface area contributed by atoms with Crippen molar-refractivity contribution in [2.45, 2.75) is 13.0 Å². The lowest BCUT2D eigenvalue weighted by atomic mass is 10.0. The van der Waals surface area contributed by atoms with Crippen LogP contribution < -0.4 is 0 Å². The quantitative estimate of drug-likeness (QED) is 0.863. The smallest absolute Gasteiger partial charge is 0.311 e. The Bertz CT molecular complexity index is 503. The van der Waals surface area contributed by atoms with Crippen molar-refractivity contribution >= 4 is 11.9 Å². The number of aliphatic carboxylic acids is 1. The molecule has 1 aromatic heterocycles. The van der Waals surface area contributed by atoms with Gasteiger partial charge in [-0.15, -0.1) is 0 Å². The predicted molar refractivity (Wildman–Crippen MR) is 66.8 cm³/mol. The van der Waals surface area contributed by atoms with Crippen molar-refractivity contribution in [2.75, 3.05) is 20.3 Å². The molecule has 6 heteroatoms. The molecule has 2 unspecified atom stereocenters. The van der Waals surface area contributed by atoms with E-state index in [1.807, 2.05) is 0 Å². The summed E-state index contributed by atoms with van der Waals surface area (Å²) in [6.07, 6.45) is 1.55. The number of ether oxygens (including phenoxy) is 1. The molecule has 0 bridgehead atoms. The maximum Gasteiger partial charge on any atom is 0.311 e. The van der Waals surface area contributed by atoms with Gasteiger partial charge >= 0.3 is 5.97 Å². The summed E-state index contributed by atoms with van der Waals surface area (Å²) >= 11 is 0. The van der Waals surface area contributed by atoms with Gasteiger partial charge < -0.3 is 14.7 Å². The van der Waals surface area contributed by atoms with Crippen molar-refractivity contribution in [3.8, 4) is 0 Å². The number of hydrogen-bond acceptors (Lipinski definition) is 4. The Morgan fingerprint density at radius 3 is 2.84 bits per heavy atom. The molecule has 0 spiro atoms. The highest BCUT2D eigenvalue weighted by molar-refractivity contribution is 5.94. The second-order valence-electron chi connectivity index (χ2n) is 4.63. The van der Waals surface area contributed by atoms with Gasteiger partial charge in [0.1, 0.15) is 11.6 Å².